The Labute approximate surface area is 133 Å². The summed E-state index contributed by atoms with van der Waals surface area (Å²) in [6.07, 6.45) is 8.59. The number of benzene rings is 1. The number of hydrogen-bond acceptors (Lipinski definition) is 2. The minimum absolute atomic E-state index is 0.300. The number of nitrogens with two attached hydrogens (primary N) is 1. The predicted octanol–water partition coefficient (Wildman–Crippen LogP) is 2.32. The van der Waals surface area contributed by atoms with Crippen LogP contribution in [0.4, 0.5) is 0 Å². The molecule has 0 heterocycles. The first kappa shape index (κ1) is 15.7. The normalized spacial score (nSPS) is 20.1. The second kappa shape index (κ2) is 6.52. The van der Waals surface area contributed by atoms with Crippen LogP contribution in [-0.2, 0) is 24.1 Å². The summed E-state index contributed by atoms with van der Waals surface area (Å²) < 4.78 is 0. The number of carbonyl (C=O) groups excluding carboxylic acids is 1. The molecule has 22 heavy (non-hydrogen) atoms. The largest absolute Gasteiger partial charge is 0.631 e. The van der Waals surface area contributed by atoms with Crippen molar-refractivity contribution in [2.75, 3.05) is 6.16 Å². The fourth-order valence-corrected chi connectivity index (χ4v) is 5.35. The molecule has 0 spiro atoms. The van der Waals surface area contributed by atoms with Crippen molar-refractivity contribution in [3.05, 3.63) is 34.9 Å². The second-order valence-electron chi connectivity index (χ2n) is 6.70. The van der Waals surface area contributed by atoms with Crippen molar-refractivity contribution in [3.63, 3.8) is 0 Å². The van der Waals surface area contributed by atoms with Gasteiger partial charge in [-0.25, -0.2) is 0 Å². The Morgan fingerprint density at radius 2 is 1.95 bits per heavy atom. The first-order chi connectivity index (χ1) is 10.6. The SMILES string of the molecule is NC(=O)C1(C=[P+]([O-])CCc2ccc3c(c2)CCC3)CCCC1. The van der Waals surface area contributed by atoms with E-state index in [2.05, 4.69) is 18.2 Å². The molecule has 1 amide bonds. The minimum Gasteiger partial charge on any atom is -0.631 e. The molecule has 1 saturated carbocycles. The third-order valence-electron chi connectivity index (χ3n) is 5.16. The molecule has 2 N–H and O–H groups in total. The quantitative estimate of drug-likeness (QED) is 0.847. The highest BCUT2D eigenvalue weighted by molar-refractivity contribution is 7.50. The molecule has 1 unspecified atom stereocenters. The molecule has 2 aliphatic carbocycles. The van der Waals surface area contributed by atoms with E-state index in [4.69, 9.17) is 5.73 Å². The van der Waals surface area contributed by atoms with Crippen LogP contribution in [0.2, 0.25) is 0 Å². The van der Waals surface area contributed by atoms with Crippen molar-refractivity contribution in [2.24, 2.45) is 11.1 Å². The highest BCUT2D eigenvalue weighted by Crippen LogP contribution is 2.38. The Bertz CT molecular complexity index is 603. The number of rotatable bonds is 5. The molecule has 4 heteroatoms. The van der Waals surface area contributed by atoms with Crippen molar-refractivity contribution < 1.29 is 9.69 Å². The van der Waals surface area contributed by atoms with E-state index in [0.29, 0.717) is 6.16 Å². The molecule has 0 saturated heterocycles. The van der Waals surface area contributed by atoms with Gasteiger partial charge in [0.15, 0.2) is 0 Å². The average Bonchev–Trinajstić information content (AvgIpc) is 3.14. The van der Waals surface area contributed by atoms with E-state index >= 15 is 0 Å². The zero-order chi connectivity index (χ0) is 15.6. The molecule has 2 aliphatic rings. The summed E-state index contributed by atoms with van der Waals surface area (Å²) in [4.78, 5) is 24.1. The molecule has 118 valence electrons. The summed E-state index contributed by atoms with van der Waals surface area (Å²) in [5, 5.41) is 0. The van der Waals surface area contributed by atoms with Gasteiger partial charge in [-0.15, -0.1) is 0 Å². The summed E-state index contributed by atoms with van der Waals surface area (Å²) in [7, 11) is -1.48. The molecular weight excluding hydrogens is 293 g/mol. The van der Waals surface area contributed by atoms with Crippen LogP contribution in [0, 0.1) is 5.41 Å². The van der Waals surface area contributed by atoms with E-state index in [1.54, 1.807) is 5.80 Å². The molecule has 0 bridgehead atoms. The van der Waals surface area contributed by atoms with Crippen LogP contribution in [0.3, 0.4) is 0 Å². The summed E-state index contributed by atoms with van der Waals surface area (Å²) in [6, 6.07) is 6.65. The van der Waals surface area contributed by atoms with Crippen molar-refractivity contribution in [2.45, 2.75) is 51.4 Å². The first-order valence-corrected chi connectivity index (χ1v) is 9.81. The number of primary amides is 1. The van der Waals surface area contributed by atoms with Gasteiger partial charge in [0.1, 0.15) is 11.6 Å². The molecule has 0 aliphatic heterocycles. The van der Waals surface area contributed by atoms with Gasteiger partial charge in [-0.05, 0) is 48.8 Å². The number of aryl methyl sites for hydroxylation is 3. The third kappa shape index (κ3) is 3.26. The van der Waals surface area contributed by atoms with Crippen molar-refractivity contribution in [1.29, 1.82) is 0 Å². The molecule has 1 aromatic rings. The van der Waals surface area contributed by atoms with Crippen LogP contribution in [0.5, 0.6) is 0 Å². The van der Waals surface area contributed by atoms with E-state index in [0.717, 1.165) is 32.1 Å². The molecule has 1 atom stereocenters. The molecule has 0 aromatic heterocycles. The van der Waals surface area contributed by atoms with Gasteiger partial charge in [0.05, 0.1) is 5.80 Å². The molecule has 3 rings (SSSR count). The number of amides is 1. The van der Waals surface area contributed by atoms with Gasteiger partial charge in [0, 0.05) is 14.2 Å². The second-order valence-corrected chi connectivity index (χ2v) is 8.24. The summed E-state index contributed by atoms with van der Waals surface area (Å²) >= 11 is 0. The predicted molar refractivity (Wildman–Crippen MR) is 90.1 cm³/mol. The molecule has 0 radical (unpaired) electrons. The van der Waals surface area contributed by atoms with Crippen LogP contribution in [0.15, 0.2) is 18.2 Å². The molecule has 1 fully saturated rings. The lowest BCUT2D eigenvalue weighted by molar-refractivity contribution is -0.153. The van der Waals surface area contributed by atoms with Crippen LogP contribution >= 0.6 is 7.77 Å². The smallest absolute Gasteiger partial charge is 0.231 e. The standard InChI is InChI=1S/C18H24NO2P/c19-17(20)18(9-1-2-10-18)13-22(21)11-8-14-6-7-15-4-3-5-16(15)12-14/h6-7,12-13H,1-5,8-11H2,(H2,19,20). The van der Waals surface area contributed by atoms with E-state index in [9.17, 15) is 9.69 Å². The lowest BCUT2D eigenvalue weighted by atomic mass is 9.88. The lowest BCUT2D eigenvalue weighted by Crippen LogP contribution is -2.36. The number of carbonyl (C=O) groups is 1. The molecule has 1 aromatic carbocycles. The summed E-state index contributed by atoms with van der Waals surface area (Å²) in [5.41, 5.74) is 9.14. The fourth-order valence-electron chi connectivity index (χ4n) is 3.81. The highest BCUT2D eigenvalue weighted by Gasteiger charge is 2.40. The van der Waals surface area contributed by atoms with Crippen LogP contribution in [0.1, 0.15) is 48.8 Å². The Kier molecular flexibility index (Phi) is 4.65. The van der Waals surface area contributed by atoms with Crippen LogP contribution in [-0.4, -0.2) is 17.9 Å². The van der Waals surface area contributed by atoms with Crippen molar-refractivity contribution >= 4 is 19.5 Å². The summed E-state index contributed by atoms with van der Waals surface area (Å²) in [6.45, 7) is 0. The van der Waals surface area contributed by atoms with Gasteiger partial charge < -0.3 is 10.6 Å². The first-order valence-electron chi connectivity index (χ1n) is 8.29. The minimum atomic E-state index is -1.48. The molecule has 3 nitrogen and oxygen atoms in total. The van der Waals surface area contributed by atoms with Crippen LogP contribution < -0.4 is 10.6 Å². The van der Waals surface area contributed by atoms with Gasteiger partial charge in [-0.3, -0.25) is 4.79 Å². The average molecular weight is 317 g/mol. The molecular formula is C18H24NO2P. The number of hydrogen-bond donors (Lipinski definition) is 1. The van der Waals surface area contributed by atoms with Gasteiger partial charge in [-0.2, -0.15) is 0 Å². The third-order valence-corrected chi connectivity index (χ3v) is 6.61. The Hall–Kier alpha value is -1.18. The van der Waals surface area contributed by atoms with E-state index in [1.165, 1.54) is 36.0 Å². The van der Waals surface area contributed by atoms with E-state index in [1.807, 2.05) is 0 Å². The van der Waals surface area contributed by atoms with Crippen molar-refractivity contribution in [1.82, 2.24) is 0 Å². The maximum absolute atomic E-state index is 12.4. The van der Waals surface area contributed by atoms with Gasteiger partial charge in [0.25, 0.3) is 0 Å². The fraction of sp³-hybridized carbons (Fsp3) is 0.556. The number of fused-ring (bicyclic) bond motifs is 1. The van der Waals surface area contributed by atoms with Crippen molar-refractivity contribution in [3.8, 4) is 0 Å². The van der Waals surface area contributed by atoms with Gasteiger partial charge in [0.2, 0.25) is 5.91 Å². The van der Waals surface area contributed by atoms with Gasteiger partial charge in [-0.1, -0.05) is 31.0 Å². The van der Waals surface area contributed by atoms with E-state index in [-0.39, 0.29) is 5.91 Å². The van der Waals surface area contributed by atoms with Gasteiger partial charge >= 0.3 is 0 Å². The van der Waals surface area contributed by atoms with E-state index < -0.39 is 13.2 Å². The lowest BCUT2D eigenvalue weighted by Gasteiger charge is -2.18. The maximum Gasteiger partial charge on any atom is 0.231 e. The maximum atomic E-state index is 12.4. The zero-order valence-electron chi connectivity index (χ0n) is 13.0. The summed E-state index contributed by atoms with van der Waals surface area (Å²) in [5.74, 6) is 1.47. The Morgan fingerprint density at radius 3 is 2.68 bits per heavy atom. The monoisotopic (exact) mass is 317 g/mol. The Balaban J connectivity index is 1.65. The highest BCUT2D eigenvalue weighted by atomic mass is 31.1. The topological polar surface area (TPSA) is 66.2 Å². The van der Waals surface area contributed by atoms with Crippen LogP contribution in [0.25, 0.3) is 0 Å². The zero-order valence-corrected chi connectivity index (χ0v) is 13.9. The Morgan fingerprint density at radius 1 is 1.23 bits per heavy atom.